The standard InChI is InChI=1S/C17H15F2N3O4/c1-8-21-11(16(20)24)7-14(23)22(8)15(9-2-3-9)10-4-5-12-13(6-10)26-17(18,19)25-12/h4-7,9,15H,2-3H2,1H3,(H2,20,24)/t15-/m1/s1. The summed E-state index contributed by atoms with van der Waals surface area (Å²) in [4.78, 5) is 28.0. The van der Waals surface area contributed by atoms with Crippen LogP contribution in [-0.2, 0) is 0 Å². The first-order valence-electron chi connectivity index (χ1n) is 8.05. The maximum atomic E-state index is 13.3. The van der Waals surface area contributed by atoms with Crippen LogP contribution in [0.5, 0.6) is 11.5 Å². The predicted molar refractivity (Wildman–Crippen MR) is 85.3 cm³/mol. The van der Waals surface area contributed by atoms with Crippen LogP contribution in [0.4, 0.5) is 8.78 Å². The number of hydrogen-bond donors (Lipinski definition) is 1. The molecule has 2 heterocycles. The fourth-order valence-electron chi connectivity index (χ4n) is 3.26. The van der Waals surface area contributed by atoms with Crippen LogP contribution in [0.2, 0.25) is 0 Å². The van der Waals surface area contributed by atoms with Gasteiger partial charge < -0.3 is 15.2 Å². The lowest BCUT2D eigenvalue weighted by molar-refractivity contribution is -0.286. The van der Waals surface area contributed by atoms with Gasteiger partial charge in [-0.25, -0.2) is 4.98 Å². The molecule has 1 atom stereocenters. The monoisotopic (exact) mass is 363 g/mol. The molecule has 0 saturated heterocycles. The molecule has 26 heavy (non-hydrogen) atoms. The van der Waals surface area contributed by atoms with Gasteiger partial charge in [-0.3, -0.25) is 14.2 Å². The van der Waals surface area contributed by atoms with E-state index in [-0.39, 0.29) is 23.1 Å². The molecule has 9 heteroatoms. The molecule has 7 nitrogen and oxygen atoms in total. The highest BCUT2D eigenvalue weighted by molar-refractivity contribution is 5.90. The van der Waals surface area contributed by atoms with Gasteiger partial charge in [-0.1, -0.05) is 6.07 Å². The quantitative estimate of drug-likeness (QED) is 0.896. The third-order valence-corrected chi connectivity index (χ3v) is 4.49. The van der Waals surface area contributed by atoms with Crippen molar-refractivity contribution in [2.75, 3.05) is 0 Å². The Labute approximate surface area is 146 Å². The van der Waals surface area contributed by atoms with Crippen molar-refractivity contribution in [1.82, 2.24) is 9.55 Å². The highest BCUT2D eigenvalue weighted by atomic mass is 19.3. The molecule has 1 amide bonds. The molecule has 1 fully saturated rings. The number of amides is 1. The number of nitrogens with zero attached hydrogens (tertiary/aromatic N) is 2. The molecule has 1 aromatic heterocycles. The van der Waals surface area contributed by atoms with Crippen molar-refractivity contribution in [3.63, 3.8) is 0 Å². The molecule has 136 valence electrons. The highest BCUT2D eigenvalue weighted by Crippen LogP contribution is 2.47. The van der Waals surface area contributed by atoms with Gasteiger partial charge >= 0.3 is 6.29 Å². The number of aromatic nitrogens is 2. The van der Waals surface area contributed by atoms with E-state index in [1.807, 2.05) is 0 Å². The van der Waals surface area contributed by atoms with Gasteiger partial charge in [0.2, 0.25) is 0 Å². The lowest BCUT2D eigenvalue weighted by Crippen LogP contribution is -2.31. The van der Waals surface area contributed by atoms with Crippen LogP contribution in [0.1, 0.15) is 40.8 Å². The number of nitrogens with two attached hydrogens (primary N) is 1. The Balaban J connectivity index is 1.80. The molecule has 1 aliphatic heterocycles. The normalized spacial score (nSPS) is 18.6. The van der Waals surface area contributed by atoms with Gasteiger partial charge in [0.05, 0.1) is 6.04 Å². The van der Waals surface area contributed by atoms with Gasteiger partial charge in [0.25, 0.3) is 11.5 Å². The van der Waals surface area contributed by atoms with Crippen molar-refractivity contribution in [2.24, 2.45) is 11.7 Å². The van der Waals surface area contributed by atoms with Crippen LogP contribution in [0.25, 0.3) is 0 Å². The van der Waals surface area contributed by atoms with Gasteiger partial charge in [-0.15, -0.1) is 8.78 Å². The Hall–Kier alpha value is -2.97. The lowest BCUT2D eigenvalue weighted by Gasteiger charge is -2.22. The summed E-state index contributed by atoms with van der Waals surface area (Å²) < 4.78 is 36.9. The first-order valence-corrected chi connectivity index (χ1v) is 8.05. The third kappa shape index (κ3) is 2.79. The molecule has 2 N–H and O–H groups in total. The van der Waals surface area contributed by atoms with E-state index in [1.165, 1.54) is 16.7 Å². The number of alkyl halides is 2. The smallest absolute Gasteiger partial charge is 0.395 e. The van der Waals surface area contributed by atoms with Gasteiger partial charge in [-0.05, 0) is 43.4 Å². The minimum Gasteiger partial charge on any atom is -0.395 e. The second-order valence-electron chi connectivity index (χ2n) is 6.42. The first kappa shape index (κ1) is 16.5. The largest absolute Gasteiger partial charge is 0.586 e. The Morgan fingerprint density at radius 2 is 2.00 bits per heavy atom. The molecule has 2 aromatic rings. The second kappa shape index (κ2) is 5.52. The number of halogens is 2. The van der Waals surface area contributed by atoms with E-state index in [0.29, 0.717) is 11.4 Å². The van der Waals surface area contributed by atoms with Gasteiger partial charge in [0.1, 0.15) is 11.5 Å². The fraction of sp³-hybridized carbons (Fsp3) is 0.353. The van der Waals surface area contributed by atoms with Crippen LogP contribution in [0.3, 0.4) is 0 Å². The van der Waals surface area contributed by atoms with Crippen LogP contribution in [0, 0.1) is 12.8 Å². The number of rotatable bonds is 4. The van der Waals surface area contributed by atoms with E-state index in [1.54, 1.807) is 13.0 Å². The van der Waals surface area contributed by atoms with E-state index < -0.39 is 23.8 Å². The van der Waals surface area contributed by atoms with Gasteiger partial charge in [0, 0.05) is 6.07 Å². The zero-order valence-electron chi connectivity index (χ0n) is 13.7. The van der Waals surface area contributed by atoms with Crippen LogP contribution in [-0.4, -0.2) is 21.8 Å². The molecule has 0 radical (unpaired) electrons. The molecule has 0 spiro atoms. The topological polar surface area (TPSA) is 96.4 Å². The number of carbonyl (C=O) groups is 1. The summed E-state index contributed by atoms with van der Waals surface area (Å²) in [6, 6.07) is 5.16. The number of ether oxygens (including phenoxy) is 2. The molecule has 1 aromatic carbocycles. The Bertz CT molecular complexity index is 969. The zero-order chi connectivity index (χ0) is 18.6. The van der Waals surface area contributed by atoms with E-state index in [9.17, 15) is 18.4 Å². The van der Waals surface area contributed by atoms with Gasteiger partial charge in [-0.2, -0.15) is 0 Å². The molecule has 0 bridgehead atoms. The van der Waals surface area contributed by atoms with E-state index >= 15 is 0 Å². The van der Waals surface area contributed by atoms with Crippen LogP contribution < -0.4 is 20.8 Å². The van der Waals surface area contributed by atoms with Crippen molar-refractivity contribution < 1.29 is 23.0 Å². The number of hydrogen-bond acceptors (Lipinski definition) is 5. The summed E-state index contributed by atoms with van der Waals surface area (Å²) in [6.45, 7) is 1.60. The first-order chi connectivity index (χ1) is 12.2. The number of carbonyl (C=O) groups excluding carboxylic acids is 1. The van der Waals surface area contributed by atoms with Crippen LogP contribution in [0.15, 0.2) is 29.1 Å². The molecule has 1 saturated carbocycles. The zero-order valence-corrected chi connectivity index (χ0v) is 13.7. The average molecular weight is 363 g/mol. The summed E-state index contributed by atoms with van der Waals surface area (Å²) >= 11 is 0. The number of aryl methyl sites for hydroxylation is 1. The number of primary amides is 1. The predicted octanol–water partition coefficient (Wildman–Crippen LogP) is 1.97. The minimum atomic E-state index is -3.70. The minimum absolute atomic E-state index is 0.0560. The van der Waals surface area contributed by atoms with Crippen molar-refractivity contribution in [3.8, 4) is 11.5 Å². The SMILES string of the molecule is Cc1nc(C(N)=O)cc(=O)n1[C@@H](c1ccc2c(c1)OC(F)(F)O2)C1CC1. The maximum absolute atomic E-state index is 13.3. The molecule has 1 aliphatic carbocycles. The summed E-state index contributed by atoms with van der Waals surface area (Å²) in [6.07, 6.45) is -1.93. The molecular formula is C17H15F2N3O4. The van der Waals surface area contributed by atoms with E-state index in [0.717, 1.165) is 18.9 Å². The number of fused-ring (bicyclic) bond motifs is 1. The van der Waals surface area contributed by atoms with Crippen molar-refractivity contribution in [1.29, 1.82) is 0 Å². The Kier molecular flexibility index (Phi) is 3.50. The summed E-state index contributed by atoms with van der Waals surface area (Å²) in [7, 11) is 0. The maximum Gasteiger partial charge on any atom is 0.586 e. The van der Waals surface area contributed by atoms with Crippen molar-refractivity contribution >= 4 is 5.91 Å². The summed E-state index contributed by atoms with van der Waals surface area (Å²) in [5, 5.41) is 0. The lowest BCUT2D eigenvalue weighted by atomic mass is 10.0. The van der Waals surface area contributed by atoms with E-state index in [4.69, 9.17) is 5.73 Å². The molecule has 0 unspecified atom stereocenters. The van der Waals surface area contributed by atoms with Crippen molar-refractivity contribution in [3.05, 3.63) is 51.7 Å². The fourth-order valence-corrected chi connectivity index (χ4v) is 3.26. The molecule has 2 aliphatic rings. The summed E-state index contributed by atoms with van der Waals surface area (Å²) in [5.74, 6) is -0.435. The highest BCUT2D eigenvalue weighted by Gasteiger charge is 2.44. The molecule has 4 rings (SSSR count). The van der Waals surface area contributed by atoms with Crippen molar-refractivity contribution in [2.45, 2.75) is 32.1 Å². The van der Waals surface area contributed by atoms with Gasteiger partial charge in [0.15, 0.2) is 11.5 Å². The van der Waals surface area contributed by atoms with E-state index in [2.05, 4.69) is 14.5 Å². The average Bonchev–Trinajstić information content (AvgIpc) is 3.31. The molecular weight excluding hydrogens is 348 g/mol. The second-order valence-corrected chi connectivity index (χ2v) is 6.42. The number of benzene rings is 1. The Morgan fingerprint density at radius 1 is 1.31 bits per heavy atom. The summed E-state index contributed by atoms with van der Waals surface area (Å²) in [5.41, 5.74) is 5.30. The van der Waals surface area contributed by atoms with Crippen LogP contribution >= 0.6 is 0 Å². The Morgan fingerprint density at radius 3 is 2.62 bits per heavy atom. The third-order valence-electron chi connectivity index (χ3n) is 4.49.